The van der Waals surface area contributed by atoms with E-state index < -0.39 is 47.8 Å². The molecule has 11 heteroatoms. The zero-order valence-corrected chi connectivity index (χ0v) is 24.7. The van der Waals surface area contributed by atoms with Gasteiger partial charge in [-0.1, -0.05) is 73.4 Å². The van der Waals surface area contributed by atoms with Crippen molar-refractivity contribution in [2.75, 3.05) is 7.11 Å². The zero-order chi connectivity index (χ0) is 31.1. The number of rotatable bonds is 14. The van der Waals surface area contributed by atoms with Gasteiger partial charge in [-0.05, 0) is 59.5 Å². The minimum absolute atomic E-state index is 0.141. The molecule has 0 aliphatic heterocycles. The maximum atomic E-state index is 16.2. The van der Waals surface area contributed by atoms with E-state index in [0.29, 0.717) is 21.9 Å². The van der Waals surface area contributed by atoms with E-state index in [-0.39, 0.29) is 17.7 Å². The van der Waals surface area contributed by atoms with Crippen LogP contribution in [0.2, 0.25) is 10.0 Å². The number of nitrogens with one attached hydrogen (secondary N) is 2. The van der Waals surface area contributed by atoms with Crippen molar-refractivity contribution >= 4 is 41.2 Å². The third-order valence-corrected chi connectivity index (χ3v) is 7.35. The third-order valence-electron chi connectivity index (χ3n) is 6.86. The molecule has 0 fully saturated rings. The number of Topliss-reactive ketones (excluding diaryl/α,β-unsaturated/α-hetero) is 1. The predicted octanol–water partition coefficient (Wildman–Crippen LogP) is 6.33. The van der Waals surface area contributed by atoms with Gasteiger partial charge in [0.25, 0.3) is 5.78 Å². The molecule has 3 atom stereocenters. The van der Waals surface area contributed by atoms with Crippen molar-refractivity contribution in [3.05, 3.63) is 99.5 Å². The van der Waals surface area contributed by atoms with Gasteiger partial charge < -0.3 is 10.1 Å². The van der Waals surface area contributed by atoms with Gasteiger partial charge in [0.1, 0.15) is 5.75 Å². The topological polar surface area (TPSA) is 84.5 Å². The Morgan fingerprint density at radius 1 is 0.952 bits per heavy atom. The van der Waals surface area contributed by atoms with Crippen molar-refractivity contribution in [3.63, 3.8) is 0 Å². The largest absolute Gasteiger partial charge is 0.497 e. The van der Waals surface area contributed by atoms with Crippen molar-refractivity contribution in [1.82, 2.24) is 10.6 Å². The molecule has 6 nitrogen and oxygen atoms in total. The maximum absolute atomic E-state index is 16.2. The number of hydrogen-bond donors (Lipinski definition) is 2. The summed E-state index contributed by atoms with van der Waals surface area (Å²) in [6.45, 7) is 2.43. The number of amides is 1. The lowest BCUT2D eigenvalue weighted by Gasteiger charge is -2.40. The summed E-state index contributed by atoms with van der Waals surface area (Å²) in [4.78, 5) is 39.2. The normalized spacial score (nSPS) is 15.0. The highest BCUT2D eigenvalue weighted by Gasteiger charge is 2.52. The van der Waals surface area contributed by atoms with Crippen molar-refractivity contribution in [3.8, 4) is 5.75 Å². The van der Waals surface area contributed by atoms with Gasteiger partial charge in [0.15, 0.2) is 11.9 Å². The quantitative estimate of drug-likeness (QED) is 0.125. The number of ether oxygens (including phenoxy) is 1. The second-order valence-electron chi connectivity index (χ2n) is 10.2. The highest BCUT2D eigenvalue weighted by Crippen LogP contribution is 2.30. The number of hydrogen-bond acceptors (Lipinski definition) is 5. The van der Waals surface area contributed by atoms with E-state index in [1.807, 2.05) is 0 Å². The first kappa shape index (κ1) is 33.1. The van der Waals surface area contributed by atoms with Gasteiger partial charge in [-0.3, -0.25) is 14.4 Å². The molecular weight excluding hydrogens is 592 g/mol. The average molecular weight is 623 g/mol. The van der Waals surface area contributed by atoms with Gasteiger partial charge in [-0.15, -0.1) is 0 Å². The highest BCUT2D eigenvalue weighted by molar-refractivity contribution is 6.30. The zero-order valence-electron chi connectivity index (χ0n) is 23.2. The first-order valence-electron chi connectivity index (χ1n) is 13.0. The second kappa shape index (κ2) is 14.2. The molecule has 2 N–H and O–H groups in total. The van der Waals surface area contributed by atoms with Crippen molar-refractivity contribution < 1.29 is 32.3 Å². The van der Waals surface area contributed by atoms with Crippen LogP contribution in [0.5, 0.6) is 5.75 Å². The van der Waals surface area contributed by atoms with Gasteiger partial charge in [0, 0.05) is 22.4 Å². The Bertz CT molecular complexity index is 1390. The number of halogens is 5. The van der Waals surface area contributed by atoms with Gasteiger partial charge in [0.2, 0.25) is 11.7 Å². The van der Waals surface area contributed by atoms with Crippen LogP contribution in [-0.2, 0) is 27.2 Å². The molecule has 1 unspecified atom stereocenters. The van der Waals surface area contributed by atoms with E-state index in [9.17, 15) is 23.2 Å². The van der Waals surface area contributed by atoms with Gasteiger partial charge in [-0.2, -0.15) is 0 Å². The summed E-state index contributed by atoms with van der Waals surface area (Å²) < 4.78 is 48.5. The smallest absolute Gasteiger partial charge is 0.300 e. The summed E-state index contributed by atoms with van der Waals surface area (Å²) in [5, 5.41) is 5.53. The highest BCUT2D eigenvalue weighted by atomic mass is 35.5. The van der Waals surface area contributed by atoms with Crippen LogP contribution in [0, 0.1) is 5.92 Å². The minimum Gasteiger partial charge on any atom is -0.497 e. The Hall–Kier alpha value is -3.40. The van der Waals surface area contributed by atoms with E-state index in [2.05, 4.69) is 10.6 Å². The van der Waals surface area contributed by atoms with Crippen LogP contribution >= 0.6 is 23.2 Å². The minimum atomic E-state index is -3.67. The van der Waals surface area contributed by atoms with Crippen LogP contribution in [0.4, 0.5) is 13.2 Å². The van der Waals surface area contributed by atoms with Crippen molar-refractivity contribution in [2.24, 2.45) is 5.92 Å². The first-order valence-corrected chi connectivity index (χ1v) is 13.8. The number of ketones is 1. The van der Waals surface area contributed by atoms with Crippen LogP contribution in [0.15, 0.2) is 72.8 Å². The molecule has 3 aromatic carbocycles. The summed E-state index contributed by atoms with van der Waals surface area (Å²) in [7, 11) is 1.49. The Labute approximate surface area is 252 Å². The van der Waals surface area contributed by atoms with Crippen LogP contribution in [0.1, 0.15) is 36.5 Å². The molecule has 0 spiro atoms. The molecule has 0 radical (unpaired) electrons. The van der Waals surface area contributed by atoms with E-state index in [4.69, 9.17) is 27.9 Å². The standard InChI is InChI=1S/C31H31Cl2F3N2O4/c1-19(2)31(36,27(40)28(34)35)38-30(18-39,17-21-5-4-6-24(33)15-21)37-29(41)26(16-20-7-11-23(32)12-8-20)22-9-13-25(42-3)14-10-22/h4-15,18-19,26,28,38H,16-17H2,1-3H3,(H,37,41)/t26?,30-,31+/m0/s1. The Morgan fingerprint density at radius 2 is 1.60 bits per heavy atom. The molecule has 3 rings (SSSR count). The summed E-state index contributed by atoms with van der Waals surface area (Å²) in [6.07, 6.45) is -3.74. The number of alkyl halides is 3. The number of carbonyl (C=O) groups is 3. The molecule has 0 aliphatic rings. The summed E-state index contributed by atoms with van der Waals surface area (Å²) in [5.74, 6) is -7.88. The first-order chi connectivity index (χ1) is 19.8. The van der Waals surface area contributed by atoms with Crippen molar-refractivity contribution in [2.45, 2.75) is 50.5 Å². The Balaban J connectivity index is 2.10. The molecule has 224 valence electrons. The number of carbonyl (C=O) groups excluding carboxylic acids is 3. The molecule has 0 aromatic heterocycles. The lowest BCUT2D eigenvalue weighted by molar-refractivity contribution is -0.152. The summed E-state index contributed by atoms with van der Waals surface area (Å²) in [5.41, 5.74) is -0.693. The Kier molecular flexibility index (Phi) is 11.2. The molecule has 0 saturated heterocycles. The SMILES string of the molecule is COc1ccc(C(Cc2ccc(Cl)cc2)C(=O)N[C@@](C=O)(Cc2cccc(Cl)c2)N[C@@](F)(C(=O)C(F)F)C(C)C)cc1. The van der Waals surface area contributed by atoms with Crippen LogP contribution in [-0.4, -0.2) is 43.0 Å². The van der Waals surface area contributed by atoms with Crippen LogP contribution in [0.25, 0.3) is 0 Å². The second-order valence-corrected chi connectivity index (χ2v) is 11.1. The fourth-order valence-electron chi connectivity index (χ4n) is 4.52. The fourth-order valence-corrected chi connectivity index (χ4v) is 4.86. The molecule has 0 aliphatic carbocycles. The van der Waals surface area contributed by atoms with Crippen LogP contribution in [0.3, 0.4) is 0 Å². The number of benzene rings is 3. The van der Waals surface area contributed by atoms with E-state index in [1.165, 1.54) is 27.0 Å². The molecule has 3 aromatic rings. The summed E-state index contributed by atoms with van der Waals surface area (Å²) >= 11 is 12.1. The molecule has 0 heterocycles. The molecule has 0 bridgehead atoms. The van der Waals surface area contributed by atoms with E-state index >= 15 is 4.39 Å². The predicted molar refractivity (Wildman–Crippen MR) is 156 cm³/mol. The Morgan fingerprint density at radius 3 is 2.12 bits per heavy atom. The number of methoxy groups -OCH3 is 1. The monoisotopic (exact) mass is 622 g/mol. The van der Waals surface area contributed by atoms with Gasteiger partial charge >= 0.3 is 6.43 Å². The van der Waals surface area contributed by atoms with Gasteiger partial charge in [0.05, 0.1) is 13.0 Å². The molecule has 0 saturated carbocycles. The lowest BCUT2D eigenvalue weighted by Crippen LogP contribution is -2.71. The number of aldehydes is 1. The lowest BCUT2D eigenvalue weighted by atomic mass is 9.88. The average Bonchev–Trinajstić information content (AvgIpc) is 2.96. The summed E-state index contributed by atoms with van der Waals surface area (Å²) in [6, 6.07) is 19.6. The molecule has 1 amide bonds. The van der Waals surface area contributed by atoms with Gasteiger partial charge in [-0.25, -0.2) is 18.5 Å². The van der Waals surface area contributed by atoms with Crippen LogP contribution < -0.4 is 15.4 Å². The molecule has 42 heavy (non-hydrogen) atoms. The van der Waals surface area contributed by atoms with Crippen molar-refractivity contribution in [1.29, 1.82) is 0 Å². The third kappa shape index (κ3) is 8.12. The van der Waals surface area contributed by atoms with E-state index in [1.54, 1.807) is 66.7 Å². The maximum Gasteiger partial charge on any atom is 0.300 e. The van der Waals surface area contributed by atoms with E-state index in [0.717, 1.165) is 5.56 Å². The molecular formula is C31H31Cl2F3N2O4. The fraction of sp³-hybridized carbons (Fsp3) is 0.323.